The smallest absolute Gasteiger partial charge is 0.129 e. The average Bonchev–Trinajstić information content (AvgIpc) is 2.93. The van der Waals surface area contributed by atoms with Crippen LogP contribution in [0.5, 0.6) is 0 Å². The van der Waals surface area contributed by atoms with Gasteiger partial charge in [0.15, 0.2) is 0 Å². The molecule has 1 aliphatic carbocycles. The molecule has 2 atom stereocenters. The Morgan fingerprint density at radius 1 is 0.969 bits per heavy atom. The van der Waals surface area contributed by atoms with Gasteiger partial charge in [0.05, 0.1) is 5.60 Å². The van der Waals surface area contributed by atoms with Gasteiger partial charge in [0.2, 0.25) is 0 Å². The van der Waals surface area contributed by atoms with Gasteiger partial charge >= 0.3 is 0 Å². The highest BCUT2D eigenvalue weighted by Crippen LogP contribution is 2.41. The van der Waals surface area contributed by atoms with E-state index in [1.165, 1.54) is 18.2 Å². The Labute approximate surface area is 190 Å². The van der Waals surface area contributed by atoms with Crippen LogP contribution in [0.25, 0.3) is 6.08 Å². The second-order valence-electron chi connectivity index (χ2n) is 9.43. The topological polar surface area (TPSA) is 26.7 Å². The van der Waals surface area contributed by atoms with Gasteiger partial charge in [0.1, 0.15) is 11.6 Å². The van der Waals surface area contributed by atoms with Crippen LogP contribution in [0.15, 0.2) is 54.1 Å². The first kappa shape index (κ1) is 23.1. The minimum atomic E-state index is -1.29. The number of hydrogen-bond donors (Lipinski definition) is 1. The molecule has 0 bridgehead atoms. The molecule has 0 spiro atoms. The van der Waals surface area contributed by atoms with Crippen molar-refractivity contribution in [3.63, 3.8) is 0 Å². The molecule has 3 nitrogen and oxygen atoms in total. The molecule has 1 saturated carbocycles. The molecule has 1 N–H and O–H groups in total. The van der Waals surface area contributed by atoms with Gasteiger partial charge in [-0.05, 0) is 49.6 Å². The number of aliphatic hydroxyl groups is 1. The fraction of sp³-hybridized carbons (Fsp3) is 0.481. The second-order valence-corrected chi connectivity index (χ2v) is 9.43. The zero-order valence-corrected chi connectivity index (χ0v) is 18.9. The van der Waals surface area contributed by atoms with Gasteiger partial charge in [0.25, 0.3) is 0 Å². The van der Waals surface area contributed by atoms with Crippen molar-refractivity contribution in [2.75, 3.05) is 39.8 Å². The van der Waals surface area contributed by atoms with E-state index in [1.807, 2.05) is 36.4 Å². The molecule has 2 aromatic carbocycles. The van der Waals surface area contributed by atoms with Gasteiger partial charge < -0.3 is 14.9 Å². The van der Waals surface area contributed by atoms with Crippen molar-refractivity contribution in [2.24, 2.45) is 5.92 Å². The zero-order chi connectivity index (χ0) is 22.6. The van der Waals surface area contributed by atoms with Gasteiger partial charge in [-0.2, -0.15) is 0 Å². The molecular formula is C27H34F2N2O. The quantitative estimate of drug-likeness (QED) is 0.679. The van der Waals surface area contributed by atoms with E-state index in [1.54, 1.807) is 0 Å². The number of piperazine rings is 1. The molecule has 2 unspecified atom stereocenters. The first-order valence-electron chi connectivity index (χ1n) is 11.8. The van der Waals surface area contributed by atoms with E-state index in [9.17, 15) is 13.9 Å². The molecule has 172 valence electrons. The van der Waals surface area contributed by atoms with Crippen molar-refractivity contribution in [1.82, 2.24) is 9.80 Å². The summed E-state index contributed by atoms with van der Waals surface area (Å²) in [5, 5.41) is 12.3. The highest BCUT2D eigenvalue weighted by atomic mass is 19.1. The molecule has 0 aromatic heterocycles. The summed E-state index contributed by atoms with van der Waals surface area (Å²) in [6.45, 7) is 4.65. The Hall–Kier alpha value is -2.08. The van der Waals surface area contributed by atoms with Crippen molar-refractivity contribution in [3.05, 3.63) is 76.9 Å². The summed E-state index contributed by atoms with van der Waals surface area (Å²) in [6.07, 6.45) is 5.57. The van der Waals surface area contributed by atoms with E-state index >= 15 is 0 Å². The van der Waals surface area contributed by atoms with Gasteiger partial charge in [-0.15, -0.1) is 0 Å². The maximum atomic E-state index is 14.7. The van der Waals surface area contributed by atoms with Crippen LogP contribution in [-0.2, 0) is 6.42 Å². The van der Waals surface area contributed by atoms with Gasteiger partial charge in [-0.1, -0.05) is 48.9 Å². The number of likely N-dealkylation sites (N-methyl/N-ethyl adjacent to an activating group) is 1. The Kier molecular flexibility index (Phi) is 7.39. The highest BCUT2D eigenvalue weighted by molar-refractivity contribution is 5.56. The Bertz CT molecular complexity index is 904. The minimum Gasteiger partial charge on any atom is -0.385 e. The zero-order valence-electron chi connectivity index (χ0n) is 18.9. The molecule has 5 heteroatoms. The van der Waals surface area contributed by atoms with Gasteiger partial charge in [-0.25, -0.2) is 8.78 Å². The summed E-state index contributed by atoms with van der Waals surface area (Å²) >= 11 is 0. The lowest BCUT2D eigenvalue weighted by molar-refractivity contribution is -0.00756. The van der Waals surface area contributed by atoms with Crippen LogP contribution in [-0.4, -0.2) is 60.3 Å². The summed E-state index contributed by atoms with van der Waals surface area (Å²) in [5.74, 6) is -1.25. The third kappa shape index (κ3) is 5.28. The molecule has 1 aliphatic heterocycles. The van der Waals surface area contributed by atoms with Crippen LogP contribution in [0, 0.1) is 17.6 Å². The van der Waals surface area contributed by atoms with Crippen molar-refractivity contribution in [3.8, 4) is 0 Å². The summed E-state index contributed by atoms with van der Waals surface area (Å²) in [5.41, 5.74) is 0.594. The number of halogens is 2. The van der Waals surface area contributed by atoms with E-state index in [4.69, 9.17) is 0 Å². The maximum absolute atomic E-state index is 14.7. The minimum absolute atomic E-state index is 0.0146. The van der Waals surface area contributed by atoms with Crippen LogP contribution in [0.2, 0.25) is 0 Å². The summed E-state index contributed by atoms with van der Waals surface area (Å²) in [7, 11) is 2.13. The molecule has 2 fully saturated rings. The van der Waals surface area contributed by atoms with Crippen LogP contribution in [0.3, 0.4) is 0 Å². The van der Waals surface area contributed by atoms with Crippen molar-refractivity contribution in [2.45, 2.75) is 37.7 Å². The lowest BCUT2D eigenvalue weighted by Crippen LogP contribution is -2.51. The number of nitrogens with zero attached hydrogens (tertiary/aromatic N) is 2. The predicted octanol–water partition coefficient (Wildman–Crippen LogP) is 4.76. The lowest BCUT2D eigenvalue weighted by atomic mass is 9.74. The van der Waals surface area contributed by atoms with E-state index in [-0.39, 0.29) is 17.9 Å². The average molecular weight is 441 g/mol. The van der Waals surface area contributed by atoms with E-state index in [2.05, 4.69) is 16.8 Å². The largest absolute Gasteiger partial charge is 0.385 e. The Morgan fingerprint density at radius 2 is 1.66 bits per heavy atom. The molecule has 32 heavy (non-hydrogen) atoms. The van der Waals surface area contributed by atoms with Gasteiger partial charge in [0, 0.05) is 50.6 Å². The molecule has 4 rings (SSSR count). The van der Waals surface area contributed by atoms with Crippen molar-refractivity contribution in [1.29, 1.82) is 0 Å². The van der Waals surface area contributed by atoms with Crippen molar-refractivity contribution < 1.29 is 13.9 Å². The highest BCUT2D eigenvalue weighted by Gasteiger charge is 2.43. The summed E-state index contributed by atoms with van der Waals surface area (Å²) in [6, 6.07) is 13.9. The Balaban J connectivity index is 1.72. The summed E-state index contributed by atoms with van der Waals surface area (Å²) < 4.78 is 29.3. The fourth-order valence-corrected chi connectivity index (χ4v) is 5.18. The third-order valence-electron chi connectivity index (χ3n) is 7.20. The molecule has 0 amide bonds. The monoisotopic (exact) mass is 440 g/mol. The molecular weight excluding hydrogens is 406 g/mol. The van der Waals surface area contributed by atoms with Crippen molar-refractivity contribution >= 4 is 6.08 Å². The molecule has 1 heterocycles. The van der Waals surface area contributed by atoms with Crippen LogP contribution in [0.4, 0.5) is 8.78 Å². The summed E-state index contributed by atoms with van der Waals surface area (Å²) in [4.78, 5) is 4.71. The van der Waals surface area contributed by atoms with E-state index in [0.717, 1.165) is 69.5 Å². The standard InChI is InChI=1S/C27H34F2N2O/c1-30-14-16-31(17-15-30)20-23-11-6-5-10-22(18-21-8-3-2-4-9-21)27(23,32)19-24-25(28)12-7-13-26(24)29/h2-4,7-9,12-13,18,23,32H,5-6,10-11,14-17,19-20H2,1H3. The van der Waals surface area contributed by atoms with Crippen LogP contribution < -0.4 is 0 Å². The number of hydrogen-bond acceptors (Lipinski definition) is 3. The first-order chi connectivity index (χ1) is 15.5. The van der Waals surface area contributed by atoms with E-state index < -0.39 is 17.2 Å². The third-order valence-corrected chi connectivity index (χ3v) is 7.20. The normalized spacial score (nSPS) is 26.9. The van der Waals surface area contributed by atoms with Crippen LogP contribution >= 0.6 is 0 Å². The fourth-order valence-electron chi connectivity index (χ4n) is 5.18. The van der Waals surface area contributed by atoms with Gasteiger partial charge in [-0.3, -0.25) is 0 Å². The van der Waals surface area contributed by atoms with E-state index in [0.29, 0.717) is 0 Å². The molecule has 1 saturated heterocycles. The van der Waals surface area contributed by atoms with Crippen LogP contribution in [0.1, 0.15) is 36.8 Å². The Morgan fingerprint density at radius 3 is 2.34 bits per heavy atom. The maximum Gasteiger partial charge on any atom is 0.129 e. The second kappa shape index (κ2) is 10.2. The first-order valence-corrected chi connectivity index (χ1v) is 11.8. The predicted molar refractivity (Wildman–Crippen MR) is 125 cm³/mol. The molecule has 0 radical (unpaired) electrons. The molecule has 2 aromatic rings. The molecule has 2 aliphatic rings. The number of rotatable bonds is 5. The lowest BCUT2D eigenvalue weighted by Gasteiger charge is -2.42. The number of benzene rings is 2. The SMILES string of the molecule is CN1CCN(CC2CCCCC(=Cc3ccccc3)C2(O)Cc2c(F)cccc2F)CC1.